The zero-order valence-electron chi connectivity index (χ0n) is 21.3. The van der Waals surface area contributed by atoms with E-state index in [4.69, 9.17) is 4.74 Å². The van der Waals surface area contributed by atoms with Crippen molar-refractivity contribution in [2.24, 2.45) is 5.92 Å². The Labute approximate surface area is 219 Å². The standard InChI is InChI=1S/C30H38N2O5/c1-3-5-8-18-29(35)37-27(24-16-11-7-12-17-24)21-31-30(36)25(13-4-2)20-28(34)32-26(22-33)19-23-14-9-6-10-15-23/h3-4,6-7,9-12,14-17,25-27,33H,1-2,5,8,13,18-22H2,(H,31,36)(H,32,34)/t25-,26-,27+/m0/s1. The van der Waals surface area contributed by atoms with Gasteiger partial charge in [-0.15, -0.1) is 13.2 Å². The number of benzene rings is 2. The van der Waals surface area contributed by atoms with Crippen molar-refractivity contribution in [3.63, 3.8) is 0 Å². The van der Waals surface area contributed by atoms with E-state index < -0.39 is 18.1 Å². The van der Waals surface area contributed by atoms with Gasteiger partial charge in [-0.2, -0.15) is 0 Å². The summed E-state index contributed by atoms with van der Waals surface area (Å²) < 4.78 is 5.66. The highest BCUT2D eigenvalue weighted by Crippen LogP contribution is 2.19. The van der Waals surface area contributed by atoms with Crippen LogP contribution in [0.2, 0.25) is 0 Å². The second kappa shape index (κ2) is 16.9. The molecule has 0 saturated carbocycles. The van der Waals surface area contributed by atoms with Crippen LogP contribution in [0.1, 0.15) is 49.3 Å². The fourth-order valence-electron chi connectivity index (χ4n) is 3.90. The van der Waals surface area contributed by atoms with Gasteiger partial charge in [-0.25, -0.2) is 0 Å². The highest BCUT2D eigenvalue weighted by molar-refractivity contribution is 5.86. The van der Waals surface area contributed by atoms with Crippen LogP contribution in [0.3, 0.4) is 0 Å². The average Bonchev–Trinajstić information content (AvgIpc) is 2.91. The van der Waals surface area contributed by atoms with Crippen LogP contribution in [0, 0.1) is 5.92 Å². The maximum absolute atomic E-state index is 13.0. The van der Waals surface area contributed by atoms with E-state index in [1.54, 1.807) is 12.2 Å². The van der Waals surface area contributed by atoms with E-state index in [0.717, 1.165) is 17.5 Å². The molecule has 2 aromatic carbocycles. The number of rotatable bonds is 17. The summed E-state index contributed by atoms with van der Waals surface area (Å²) >= 11 is 0. The van der Waals surface area contributed by atoms with Crippen molar-refractivity contribution in [3.05, 3.63) is 97.1 Å². The van der Waals surface area contributed by atoms with Crippen LogP contribution >= 0.6 is 0 Å². The molecule has 2 amide bonds. The molecular formula is C30H38N2O5. The molecule has 37 heavy (non-hydrogen) atoms. The number of hydrogen-bond donors (Lipinski definition) is 3. The van der Waals surface area contributed by atoms with Gasteiger partial charge in [0.2, 0.25) is 11.8 Å². The Morgan fingerprint density at radius 3 is 2.27 bits per heavy atom. The minimum absolute atomic E-state index is 0.0551. The van der Waals surface area contributed by atoms with Crippen LogP contribution in [0.15, 0.2) is 86.0 Å². The first-order valence-electron chi connectivity index (χ1n) is 12.6. The Morgan fingerprint density at radius 2 is 1.65 bits per heavy atom. The van der Waals surface area contributed by atoms with Crippen LogP contribution in [0.4, 0.5) is 0 Å². The van der Waals surface area contributed by atoms with Crippen molar-refractivity contribution < 1.29 is 24.2 Å². The summed E-state index contributed by atoms with van der Waals surface area (Å²) in [7, 11) is 0. The fraction of sp³-hybridized carbons (Fsp3) is 0.367. The summed E-state index contributed by atoms with van der Waals surface area (Å²) in [4.78, 5) is 38.1. The monoisotopic (exact) mass is 506 g/mol. The third-order valence-electron chi connectivity index (χ3n) is 5.86. The summed E-state index contributed by atoms with van der Waals surface area (Å²) in [6, 6.07) is 18.3. The molecule has 0 unspecified atom stereocenters. The molecule has 7 heteroatoms. The van der Waals surface area contributed by atoms with Gasteiger partial charge in [0.1, 0.15) is 6.10 Å². The lowest BCUT2D eigenvalue weighted by atomic mass is 9.98. The van der Waals surface area contributed by atoms with Crippen LogP contribution in [-0.2, 0) is 25.5 Å². The van der Waals surface area contributed by atoms with Crippen molar-refractivity contribution in [2.75, 3.05) is 13.2 Å². The first kappa shape index (κ1) is 29.5. The largest absolute Gasteiger partial charge is 0.456 e. The van der Waals surface area contributed by atoms with Gasteiger partial charge in [0.25, 0.3) is 0 Å². The Kier molecular flexibility index (Phi) is 13.5. The van der Waals surface area contributed by atoms with E-state index in [2.05, 4.69) is 23.8 Å². The summed E-state index contributed by atoms with van der Waals surface area (Å²) in [6.07, 6.45) is 5.06. The topological polar surface area (TPSA) is 105 Å². The number of nitrogens with one attached hydrogen (secondary N) is 2. The fourth-order valence-corrected chi connectivity index (χ4v) is 3.90. The van der Waals surface area contributed by atoms with Crippen molar-refractivity contribution >= 4 is 17.8 Å². The van der Waals surface area contributed by atoms with E-state index >= 15 is 0 Å². The number of allylic oxidation sites excluding steroid dienone is 2. The summed E-state index contributed by atoms with van der Waals surface area (Å²) in [5, 5.41) is 15.4. The minimum Gasteiger partial charge on any atom is -0.456 e. The number of carbonyl (C=O) groups is 3. The molecule has 3 N–H and O–H groups in total. The number of aliphatic hydroxyl groups is 1. The molecule has 0 radical (unpaired) electrons. The lowest BCUT2D eigenvalue weighted by Gasteiger charge is -2.22. The number of esters is 1. The first-order chi connectivity index (χ1) is 18.0. The van der Waals surface area contributed by atoms with Gasteiger partial charge < -0.3 is 20.5 Å². The van der Waals surface area contributed by atoms with Gasteiger partial charge in [-0.3, -0.25) is 14.4 Å². The lowest BCUT2D eigenvalue weighted by Crippen LogP contribution is -2.42. The van der Waals surface area contributed by atoms with E-state index in [1.165, 1.54) is 0 Å². The zero-order chi connectivity index (χ0) is 26.9. The quantitative estimate of drug-likeness (QED) is 0.171. The number of amides is 2. The summed E-state index contributed by atoms with van der Waals surface area (Å²) in [6.45, 7) is 7.24. The SMILES string of the molecule is C=CCCCC(=O)O[C@H](CNC(=O)[C@@H](CC=C)CC(=O)N[C@H](CO)Cc1ccccc1)c1ccccc1. The maximum atomic E-state index is 13.0. The zero-order valence-corrected chi connectivity index (χ0v) is 21.3. The predicted molar refractivity (Wildman–Crippen MR) is 144 cm³/mol. The van der Waals surface area contributed by atoms with Gasteiger partial charge in [0.05, 0.1) is 25.1 Å². The Morgan fingerprint density at radius 1 is 0.973 bits per heavy atom. The molecule has 0 aromatic heterocycles. The highest BCUT2D eigenvalue weighted by atomic mass is 16.5. The number of ether oxygens (including phenoxy) is 1. The second-order valence-electron chi connectivity index (χ2n) is 8.88. The van der Waals surface area contributed by atoms with Crippen molar-refractivity contribution in [2.45, 2.75) is 50.7 Å². The van der Waals surface area contributed by atoms with Crippen molar-refractivity contribution in [1.29, 1.82) is 0 Å². The Balaban J connectivity index is 1.97. The van der Waals surface area contributed by atoms with E-state index in [9.17, 15) is 19.5 Å². The van der Waals surface area contributed by atoms with Crippen LogP contribution in [-0.4, -0.2) is 42.1 Å². The minimum atomic E-state index is -0.649. The first-order valence-corrected chi connectivity index (χ1v) is 12.6. The number of carbonyl (C=O) groups excluding carboxylic acids is 3. The molecule has 0 fully saturated rings. The summed E-state index contributed by atoms with van der Waals surface area (Å²) in [5.41, 5.74) is 1.76. The highest BCUT2D eigenvalue weighted by Gasteiger charge is 2.24. The molecule has 0 aliphatic rings. The van der Waals surface area contributed by atoms with Crippen molar-refractivity contribution in [1.82, 2.24) is 10.6 Å². The van der Waals surface area contributed by atoms with E-state index in [0.29, 0.717) is 19.3 Å². The van der Waals surface area contributed by atoms with E-state index in [1.807, 2.05) is 60.7 Å². The Hall–Kier alpha value is -3.71. The average molecular weight is 507 g/mol. The van der Waals surface area contributed by atoms with Gasteiger partial charge in [0.15, 0.2) is 0 Å². The smallest absolute Gasteiger partial charge is 0.306 e. The molecule has 3 atom stereocenters. The van der Waals surface area contributed by atoms with Crippen LogP contribution in [0.5, 0.6) is 0 Å². The van der Waals surface area contributed by atoms with E-state index in [-0.39, 0.29) is 43.8 Å². The maximum Gasteiger partial charge on any atom is 0.306 e. The predicted octanol–water partition coefficient (Wildman–Crippen LogP) is 4.05. The molecule has 0 saturated heterocycles. The molecule has 0 bridgehead atoms. The van der Waals surface area contributed by atoms with Gasteiger partial charge in [-0.1, -0.05) is 72.8 Å². The van der Waals surface area contributed by atoms with Crippen LogP contribution in [0.25, 0.3) is 0 Å². The Bertz CT molecular complexity index is 994. The lowest BCUT2D eigenvalue weighted by molar-refractivity contribution is -0.150. The normalized spacial score (nSPS) is 13.0. The molecule has 0 aliphatic carbocycles. The molecule has 2 aromatic rings. The van der Waals surface area contributed by atoms with Crippen LogP contribution < -0.4 is 10.6 Å². The number of hydrogen-bond acceptors (Lipinski definition) is 5. The third kappa shape index (κ3) is 11.3. The molecule has 0 heterocycles. The van der Waals surface area contributed by atoms with Gasteiger partial charge >= 0.3 is 5.97 Å². The summed E-state index contributed by atoms with van der Waals surface area (Å²) in [5.74, 6) is -1.65. The molecule has 0 spiro atoms. The molecular weight excluding hydrogens is 468 g/mol. The van der Waals surface area contributed by atoms with Crippen molar-refractivity contribution in [3.8, 4) is 0 Å². The number of aliphatic hydroxyl groups excluding tert-OH is 1. The third-order valence-corrected chi connectivity index (χ3v) is 5.86. The molecule has 2 rings (SSSR count). The van der Waals surface area contributed by atoms with Gasteiger partial charge in [0, 0.05) is 12.8 Å². The number of unbranched alkanes of at least 4 members (excludes halogenated alkanes) is 1. The van der Waals surface area contributed by atoms with Gasteiger partial charge in [-0.05, 0) is 36.8 Å². The second-order valence-corrected chi connectivity index (χ2v) is 8.88. The molecule has 0 aliphatic heterocycles. The molecule has 198 valence electrons. The molecule has 7 nitrogen and oxygen atoms in total.